The summed E-state index contributed by atoms with van der Waals surface area (Å²) in [6.07, 6.45) is 3.45. The number of rotatable bonds is 6. The summed E-state index contributed by atoms with van der Waals surface area (Å²) in [5.74, 6) is -0.168. The molecule has 0 spiro atoms. The van der Waals surface area contributed by atoms with Crippen molar-refractivity contribution in [2.45, 2.75) is 6.54 Å². The maximum atomic E-state index is 13.9. The zero-order valence-corrected chi connectivity index (χ0v) is 15.9. The summed E-state index contributed by atoms with van der Waals surface area (Å²) < 4.78 is 13.9. The number of carbonyl (C=O) groups excluding carboxylic acids is 1. The highest BCUT2D eigenvalue weighted by Crippen LogP contribution is 2.20. The molecule has 0 saturated carbocycles. The third-order valence-electron chi connectivity index (χ3n) is 4.31. The van der Waals surface area contributed by atoms with Gasteiger partial charge in [-0.3, -0.25) is 9.78 Å². The van der Waals surface area contributed by atoms with E-state index in [4.69, 9.17) is 0 Å². The van der Waals surface area contributed by atoms with Crippen LogP contribution in [-0.4, -0.2) is 20.9 Å². The number of anilines is 2. The molecule has 2 heterocycles. The van der Waals surface area contributed by atoms with Gasteiger partial charge >= 0.3 is 0 Å². The minimum absolute atomic E-state index is 0.0900. The zero-order chi connectivity index (χ0) is 20.8. The van der Waals surface area contributed by atoms with Crippen molar-refractivity contribution in [3.63, 3.8) is 0 Å². The second kappa shape index (κ2) is 8.91. The molecule has 6 nitrogen and oxygen atoms in total. The van der Waals surface area contributed by atoms with E-state index in [0.29, 0.717) is 18.2 Å². The third kappa shape index (κ3) is 4.64. The highest BCUT2D eigenvalue weighted by molar-refractivity contribution is 6.03. The number of nitrogens with one attached hydrogen (secondary N) is 2. The molecule has 0 saturated heterocycles. The van der Waals surface area contributed by atoms with Gasteiger partial charge in [-0.05, 0) is 23.8 Å². The fourth-order valence-corrected chi connectivity index (χ4v) is 2.81. The SMILES string of the molecule is O=C(Nc1ccccc1F)c1cc(NCc2cccnc2)nc(-c2ccccc2)n1. The summed E-state index contributed by atoms with van der Waals surface area (Å²) in [4.78, 5) is 25.8. The average molecular weight is 399 g/mol. The summed E-state index contributed by atoms with van der Waals surface area (Å²) in [6.45, 7) is 0.480. The van der Waals surface area contributed by atoms with Crippen molar-refractivity contribution >= 4 is 17.4 Å². The molecule has 0 radical (unpaired) electrons. The molecule has 0 aliphatic carbocycles. The number of halogens is 1. The summed E-state index contributed by atoms with van der Waals surface area (Å²) in [5.41, 5.74) is 1.95. The van der Waals surface area contributed by atoms with Gasteiger partial charge in [0.05, 0.1) is 5.69 Å². The molecule has 0 bridgehead atoms. The number of benzene rings is 2. The molecule has 2 aromatic heterocycles. The highest BCUT2D eigenvalue weighted by atomic mass is 19.1. The number of nitrogens with zero attached hydrogens (tertiary/aromatic N) is 3. The molecule has 2 aromatic carbocycles. The van der Waals surface area contributed by atoms with Gasteiger partial charge in [0.15, 0.2) is 5.82 Å². The number of para-hydroxylation sites is 1. The predicted molar refractivity (Wildman–Crippen MR) is 113 cm³/mol. The Labute approximate surface area is 172 Å². The second-order valence-corrected chi connectivity index (χ2v) is 6.48. The van der Waals surface area contributed by atoms with E-state index in [-0.39, 0.29) is 11.4 Å². The van der Waals surface area contributed by atoms with E-state index < -0.39 is 11.7 Å². The molecule has 1 amide bonds. The van der Waals surface area contributed by atoms with Gasteiger partial charge in [0.1, 0.15) is 17.3 Å². The van der Waals surface area contributed by atoms with Crippen molar-refractivity contribution in [2.75, 3.05) is 10.6 Å². The predicted octanol–water partition coefficient (Wildman–Crippen LogP) is 4.54. The molecule has 30 heavy (non-hydrogen) atoms. The van der Waals surface area contributed by atoms with Gasteiger partial charge in [0.2, 0.25) is 0 Å². The fourth-order valence-electron chi connectivity index (χ4n) is 2.81. The molecule has 2 N–H and O–H groups in total. The van der Waals surface area contributed by atoms with Crippen molar-refractivity contribution in [1.29, 1.82) is 0 Å². The van der Waals surface area contributed by atoms with E-state index in [1.807, 2.05) is 42.5 Å². The number of carbonyl (C=O) groups is 1. The van der Waals surface area contributed by atoms with E-state index in [1.165, 1.54) is 12.1 Å². The molecule has 0 unspecified atom stereocenters. The zero-order valence-electron chi connectivity index (χ0n) is 15.9. The lowest BCUT2D eigenvalue weighted by atomic mass is 10.2. The molecular weight excluding hydrogens is 381 g/mol. The first-order valence-corrected chi connectivity index (χ1v) is 9.32. The van der Waals surface area contributed by atoms with E-state index >= 15 is 0 Å². The first-order valence-electron chi connectivity index (χ1n) is 9.32. The normalized spacial score (nSPS) is 10.4. The minimum Gasteiger partial charge on any atom is -0.366 e. The standard InChI is InChI=1S/C23H18FN5O/c24-18-10-4-5-11-19(18)28-23(30)20-13-21(26-15-16-7-6-12-25-14-16)29-22(27-20)17-8-2-1-3-9-17/h1-14H,15H2,(H,28,30)(H,26,27,29). The van der Waals surface area contributed by atoms with Crippen LogP contribution in [-0.2, 0) is 6.54 Å². The van der Waals surface area contributed by atoms with Gasteiger partial charge in [-0.2, -0.15) is 0 Å². The Morgan fingerprint density at radius 3 is 2.50 bits per heavy atom. The van der Waals surface area contributed by atoms with Gasteiger partial charge in [0, 0.05) is 30.6 Å². The van der Waals surface area contributed by atoms with E-state index in [1.54, 1.807) is 30.6 Å². The molecular formula is C23H18FN5O. The first kappa shape index (κ1) is 19.2. The molecule has 7 heteroatoms. The molecule has 0 fully saturated rings. The second-order valence-electron chi connectivity index (χ2n) is 6.48. The van der Waals surface area contributed by atoms with Crippen LogP contribution < -0.4 is 10.6 Å². The average Bonchev–Trinajstić information content (AvgIpc) is 2.80. The Hall–Kier alpha value is -4.13. The van der Waals surface area contributed by atoms with Crippen molar-refractivity contribution in [1.82, 2.24) is 15.0 Å². The van der Waals surface area contributed by atoms with Crippen LogP contribution >= 0.6 is 0 Å². The number of hydrogen-bond donors (Lipinski definition) is 2. The molecule has 0 aliphatic rings. The Morgan fingerprint density at radius 2 is 1.73 bits per heavy atom. The van der Waals surface area contributed by atoms with Gasteiger partial charge in [0.25, 0.3) is 5.91 Å². The highest BCUT2D eigenvalue weighted by Gasteiger charge is 2.15. The van der Waals surface area contributed by atoms with Crippen LogP contribution in [0, 0.1) is 5.82 Å². The number of hydrogen-bond acceptors (Lipinski definition) is 5. The molecule has 4 rings (SSSR count). The summed E-state index contributed by atoms with van der Waals surface area (Å²) in [5, 5.41) is 5.76. The van der Waals surface area contributed by atoms with Crippen molar-refractivity contribution < 1.29 is 9.18 Å². The maximum Gasteiger partial charge on any atom is 0.274 e. The topological polar surface area (TPSA) is 79.8 Å². The van der Waals surface area contributed by atoms with Crippen LogP contribution in [0.3, 0.4) is 0 Å². The Balaban J connectivity index is 1.64. The molecule has 148 valence electrons. The van der Waals surface area contributed by atoms with E-state index in [0.717, 1.165) is 11.1 Å². The van der Waals surface area contributed by atoms with Gasteiger partial charge in [-0.25, -0.2) is 14.4 Å². The van der Waals surface area contributed by atoms with Crippen LogP contribution in [0.5, 0.6) is 0 Å². The van der Waals surface area contributed by atoms with Crippen molar-refractivity contribution in [3.05, 3.63) is 102 Å². The van der Waals surface area contributed by atoms with Crippen LogP contribution in [0.4, 0.5) is 15.9 Å². The number of aromatic nitrogens is 3. The van der Waals surface area contributed by atoms with Gasteiger partial charge in [-0.15, -0.1) is 0 Å². The Morgan fingerprint density at radius 1 is 0.933 bits per heavy atom. The van der Waals surface area contributed by atoms with E-state index in [9.17, 15) is 9.18 Å². The molecule has 0 aliphatic heterocycles. The third-order valence-corrected chi connectivity index (χ3v) is 4.31. The number of amides is 1. The first-order chi connectivity index (χ1) is 14.7. The fraction of sp³-hybridized carbons (Fsp3) is 0.0435. The maximum absolute atomic E-state index is 13.9. The summed E-state index contributed by atoms with van der Waals surface area (Å²) in [6, 6.07) is 20.7. The van der Waals surface area contributed by atoms with Crippen molar-refractivity contribution in [2.24, 2.45) is 0 Å². The largest absolute Gasteiger partial charge is 0.366 e. The monoisotopic (exact) mass is 399 g/mol. The van der Waals surface area contributed by atoms with Crippen LogP contribution in [0.15, 0.2) is 85.2 Å². The lowest BCUT2D eigenvalue weighted by molar-refractivity contribution is 0.102. The Kier molecular flexibility index (Phi) is 5.70. The lowest BCUT2D eigenvalue weighted by Gasteiger charge is -2.11. The van der Waals surface area contributed by atoms with Crippen LogP contribution in [0.1, 0.15) is 16.1 Å². The minimum atomic E-state index is -0.524. The van der Waals surface area contributed by atoms with E-state index in [2.05, 4.69) is 25.6 Å². The Bertz CT molecular complexity index is 1150. The lowest BCUT2D eigenvalue weighted by Crippen LogP contribution is -2.16. The summed E-state index contributed by atoms with van der Waals surface area (Å²) in [7, 11) is 0. The number of pyridine rings is 1. The quantitative estimate of drug-likeness (QED) is 0.498. The smallest absolute Gasteiger partial charge is 0.274 e. The van der Waals surface area contributed by atoms with Crippen LogP contribution in [0.2, 0.25) is 0 Å². The summed E-state index contributed by atoms with van der Waals surface area (Å²) >= 11 is 0. The van der Waals surface area contributed by atoms with Crippen molar-refractivity contribution in [3.8, 4) is 11.4 Å². The van der Waals surface area contributed by atoms with Gasteiger partial charge in [-0.1, -0.05) is 48.5 Å². The molecule has 0 atom stereocenters. The van der Waals surface area contributed by atoms with Gasteiger partial charge < -0.3 is 10.6 Å². The molecule has 4 aromatic rings. The van der Waals surface area contributed by atoms with Crippen LogP contribution in [0.25, 0.3) is 11.4 Å².